The Labute approximate surface area is 179 Å². The molecule has 0 aromatic heterocycles. The lowest BCUT2D eigenvalue weighted by Gasteiger charge is -2.26. The summed E-state index contributed by atoms with van der Waals surface area (Å²) in [5, 5.41) is 6.88. The van der Waals surface area contributed by atoms with Gasteiger partial charge in [-0.2, -0.15) is 0 Å². The molecule has 0 radical (unpaired) electrons. The fourth-order valence-electron chi connectivity index (χ4n) is 2.88. The number of ether oxygens (including phenoxy) is 1. The number of halogens is 1. The minimum atomic E-state index is -0.254. The molecular weight excluding hydrogens is 386 g/mol. The van der Waals surface area contributed by atoms with Crippen LogP contribution in [0.25, 0.3) is 0 Å². The van der Waals surface area contributed by atoms with Gasteiger partial charge in [-0.3, -0.25) is 4.79 Å². The fourth-order valence-corrected chi connectivity index (χ4v) is 3.07. The van der Waals surface area contributed by atoms with Crippen molar-refractivity contribution in [2.24, 2.45) is 5.92 Å². The van der Waals surface area contributed by atoms with Crippen LogP contribution in [0.15, 0.2) is 42.5 Å². The Morgan fingerprint density at radius 2 is 1.83 bits per heavy atom. The summed E-state index contributed by atoms with van der Waals surface area (Å²) in [5.41, 5.74) is 8.36. The number of para-hydroxylation sites is 1. The van der Waals surface area contributed by atoms with Crippen molar-refractivity contribution in [2.45, 2.75) is 52.7 Å². The second kappa shape index (κ2) is 9.99. The Bertz CT molecular complexity index is 831. The van der Waals surface area contributed by atoms with Crippen molar-refractivity contribution < 1.29 is 9.53 Å². The molecule has 0 aliphatic heterocycles. The summed E-state index contributed by atoms with van der Waals surface area (Å²) in [5.74, 6) is 0.278. The molecule has 2 aromatic rings. The van der Waals surface area contributed by atoms with Gasteiger partial charge in [0.1, 0.15) is 0 Å². The van der Waals surface area contributed by atoms with E-state index in [1.54, 1.807) is 24.3 Å². The van der Waals surface area contributed by atoms with Gasteiger partial charge in [-0.25, -0.2) is 0 Å². The maximum absolute atomic E-state index is 12.8. The Hall–Kier alpha value is -2.24. The molecule has 0 bridgehead atoms. The smallest absolute Gasteiger partial charge is 0.251 e. The summed E-state index contributed by atoms with van der Waals surface area (Å²) in [6.07, 6.45) is 0.837. The highest BCUT2D eigenvalue weighted by molar-refractivity contribution is 6.33. The Morgan fingerprint density at radius 1 is 1.14 bits per heavy atom. The maximum Gasteiger partial charge on any atom is 0.251 e. The largest absolute Gasteiger partial charge is 0.397 e. The van der Waals surface area contributed by atoms with Crippen LogP contribution in [0.4, 0.5) is 17.1 Å². The number of carbonyl (C=O) groups is 1. The highest BCUT2D eigenvalue weighted by Gasteiger charge is 2.19. The van der Waals surface area contributed by atoms with Crippen molar-refractivity contribution in [1.82, 2.24) is 5.32 Å². The lowest BCUT2D eigenvalue weighted by molar-refractivity contribution is -0.0162. The average Bonchev–Trinajstić information content (AvgIpc) is 2.62. The molecule has 2 rings (SSSR count). The van der Waals surface area contributed by atoms with E-state index in [1.807, 2.05) is 39.0 Å². The van der Waals surface area contributed by atoms with Gasteiger partial charge in [-0.05, 0) is 63.4 Å². The first-order chi connectivity index (χ1) is 13.5. The van der Waals surface area contributed by atoms with E-state index in [0.29, 0.717) is 34.5 Å². The standard InChI is InChI=1S/C23H32ClN3O2/c1-15(2)12-17(14-29-23(3,4)5)26-22(28)16-10-11-21(19(25)13-16)27-20-9-7-6-8-18(20)24/h6-11,13,15,17,27H,12,14,25H2,1-5H3,(H,26,28)/t17-/m0/s1. The summed E-state index contributed by atoms with van der Waals surface area (Å²) in [4.78, 5) is 12.8. The number of benzene rings is 2. The number of rotatable bonds is 8. The number of carbonyl (C=O) groups excluding carboxylic acids is 1. The summed E-state index contributed by atoms with van der Waals surface area (Å²) in [6.45, 7) is 10.7. The van der Waals surface area contributed by atoms with Crippen LogP contribution in [0.2, 0.25) is 5.02 Å². The summed E-state index contributed by atoms with van der Waals surface area (Å²) < 4.78 is 5.89. The zero-order valence-electron chi connectivity index (χ0n) is 17.9. The topological polar surface area (TPSA) is 76.4 Å². The molecule has 0 heterocycles. The van der Waals surface area contributed by atoms with Crippen molar-refractivity contribution in [3.63, 3.8) is 0 Å². The van der Waals surface area contributed by atoms with Gasteiger partial charge in [0, 0.05) is 5.56 Å². The Morgan fingerprint density at radius 3 is 2.41 bits per heavy atom. The number of nitrogen functional groups attached to an aromatic ring is 1. The van der Waals surface area contributed by atoms with Gasteiger partial charge in [0.15, 0.2) is 0 Å². The SMILES string of the molecule is CC(C)C[C@@H](COC(C)(C)C)NC(=O)c1ccc(Nc2ccccc2Cl)c(N)c1. The third-order valence-electron chi connectivity index (χ3n) is 4.27. The molecule has 29 heavy (non-hydrogen) atoms. The van der Waals surface area contributed by atoms with E-state index < -0.39 is 0 Å². The Kier molecular flexibility index (Phi) is 7.94. The van der Waals surface area contributed by atoms with E-state index in [0.717, 1.165) is 12.1 Å². The minimum Gasteiger partial charge on any atom is -0.397 e. The first-order valence-electron chi connectivity index (χ1n) is 9.91. The molecule has 0 saturated heterocycles. The van der Waals surface area contributed by atoms with E-state index in [2.05, 4.69) is 24.5 Å². The van der Waals surface area contributed by atoms with Crippen LogP contribution in [0, 0.1) is 5.92 Å². The van der Waals surface area contributed by atoms with E-state index in [4.69, 9.17) is 22.1 Å². The highest BCUT2D eigenvalue weighted by Crippen LogP contribution is 2.28. The van der Waals surface area contributed by atoms with Gasteiger partial charge < -0.3 is 21.1 Å². The third-order valence-corrected chi connectivity index (χ3v) is 4.60. The van der Waals surface area contributed by atoms with Crippen molar-refractivity contribution in [3.05, 3.63) is 53.1 Å². The van der Waals surface area contributed by atoms with Gasteiger partial charge >= 0.3 is 0 Å². The second-order valence-electron chi connectivity index (χ2n) is 8.63. The van der Waals surface area contributed by atoms with Crippen molar-refractivity contribution in [3.8, 4) is 0 Å². The highest BCUT2D eigenvalue weighted by atomic mass is 35.5. The normalized spacial score (nSPS) is 12.7. The van der Waals surface area contributed by atoms with E-state index in [1.165, 1.54) is 0 Å². The molecule has 0 saturated carbocycles. The quantitative estimate of drug-likeness (QED) is 0.487. The zero-order valence-corrected chi connectivity index (χ0v) is 18.6. The van der Waals surface area contributed by atoms with Gasteiger partial charge in [0.2, 0.25) is 0 Å². The molecule has 0 spiro atoms. The molecule has 1 atom stereocenters. The molecule has 0 aliphatic carbocycles. The number of hydrogen-bond acceptors (Lipinski definition) is 4. The van der Waals surface area contributed by atoms with Crippen LogP contribution in [0.1, 0.15) is 51.4 Å². The van der Waals surface area contributed by atoms with Crippen LogP contribution in [0.5, 0.6) is 0 Å². The monoisotopic (exact) mass is 417 g/mol. The number of anilines is 3. The molecule has 2 aromatic carbocycles. The van der Waals surface area contributed by atoms with Gasteiger partial charge in [0.25, 0.3) is 5.91 Å². The third kappa shape index (κ3) is 7.59. The van der Waals surface area contributed by atoms with Crippen LogP contribution in [-0.2, 0) is 4.74 Å². The molecule has 158 valence electrons. The average molecular weight is 418 g/mol. The first-order valence-corrected chi connectivity index (χ1v) is 10.3. The van der Waals surface area contributed by atoms with Gasteiger partial charge in [0.05, 0.1) is 40.3 Å². The van der Waals surface area contributed by atoms with E-state index >= 15 is 0 Å². The van der Waals surface area contributed by atoms with Gasteiger partial charge in [-0.15, -0.1) is 0 Å². The zero-order chi connectivity index (χ0) is 21.6. The molecule has 0 unspecified atom stereocenters. The number of nitrogens with one attached hydrogen (secondary N) is 2. The van der Waals surface area contributed by atoms with Crippen LogP contribution in [0.3, 0.4) is 0 Å². The minimum absolute atomic E-state index is 0.0659. The Balaban J connectivity index is 2.09. The van der Waals surface area contributed by atoms with Crippen molar-refractivity contribution >= 4 is 34.6 Å². The second-order valence-corrected chi connectivity index (χ2v) is 9.04. The fraction of sp³-hybridized carbons (Fsp3) is 0.435. The van der Waals surface area contributed by atoms with E-state index in [9.17, 15) is 4.79 Å². The van der Waals surface area contributed by atoms with Crippen LogP contribution in [-0.4, -0.2) is 24.2 Å². The summed E-state index contributed by atoms with van der Waals surface area (Å²) >= 11 is 6.19. The molecular formula is C23H32ClN3O2. The van der Waals surface area contributed by atoms with E-state index in [-0.39, 0.29) is 17.6 Å². The number of amides is 1. The molecule has 1 amide bonds. The van der Waals surface area contributed by atoms with Crippen molar-refractivity contribution in [2.75, 3.05) is 17.7 Å². The predicted molar refractivity (Wildman–Crippen MR) is 122 cm³/mol. The van der Waals surface area contributed by atoms with Crippen LogP contribution >= 0.6 is 11.6 Å². The van der Waals surface area contributed by atoms with Crippen LogP contribution < -0.4 is 16.4 Å². The number of hydrogen-bond donors (Lipinski definition) is 3. The van der Waals surface area contributed by atoms with Gasteiger partial charge in [-0.1, -0.05) is 37.6 Å². The molecule has 4 N–H and O–H groups in total. The maximum atomic E-state index is 12.8. The molecule has 0 fully saturated rings. The molecule has 6 heteroatoms. The lowest BCUT2D eigenvalue weighted by Crippen LogP contribution is -2.41. The van der Waals surface area contributed by atoms with Crippen molar-refractivity contribution in [1.29, 1.82) is 0 Å². The predicted octanol–water partition coefficient (Wildman–Crippen LogP) is 5.63. The summed E-state index contributed by atoms with van der Waals surface area (Å²) in [6, 6.07) is 12.6. The first kappa shape index (κ1) is 23.0. The molecule has 5 nitrogen and oxygen atoms in total. The molecule has 0 aliphatic rings. The number of nitrogens with two attached hydrogens (primary N) is 1. The summed E-state index contributed by atoms with van der Waals surface area (Å²) in [7, 11) is 0. The lowest BCUT2D eigenvalue weighted by atomic mass is 10.0.